The Morgan fingerprint density at radius 1 is 1.12 bits per heavy atom. The van der Waals surface area contributed by atoms with E-state index in [1.807, 2.05) is 45.0 Å². The van der Waals surface area contributed by atoms with E-state index in [0.29, 0.717) is 25.1 Å². The van der Waals surface area contributed by atoms with Crippen LogP contribution in [0.4, 0.5) is 0 Å². The maximum Gasteiger partial charge on any atom is 0.251 e. The minimum absolute atomic E-state index is 0.0221. The summed E-state index contributed by atoms with van der Waals surface area (Å²) in [6.45, 7) is 7.51. The Hall–Kier alpha value is -1.96. The lowest BCUT2D eigenvalue weighted by molar-refractivity contribution is -0.128. The molecular formula is C17H27N5O2. The summed E-state index contributed by atoms with van der Waals surface area (Å²) in [5, 5.41) is 5.74. The van der Waals surface area contributed by atoms with Crippen LogP contribution in [-0.4, -0.2) is 31.4 Å². The smallest absolute Gasteiger partial charge is 0.251 e. The van der Waals surface area contributed by atoms with Crippen LogP contribution in [0, 0.1) is 5.41 Å². The van der Waals surface area contributed by atoms with Crippen LogP contribution in [0.15, 0.2) is 24.3 Å². The molecule has 0 aliphatic carbocycles. The van der Waals surface area contributed by atoms with Gasteiger partial charge in [0.1, 0.15) is 0 Å². The molecular weight excluding hydrogens is 306 g/mol. The third-order valence-electron chi connectivity index (χ3n) is 3.82. The lowest BCUT2D eigenvalue weighted by atomic mass is 9.96. The molecule has 0 bridgehead atoms. The van der Waals surface area contributed by atoms with Gasteiger partial charge in [-0.3, -0.25) is 9.59 Å². The van der Waals surface area contributed by atoms with Crippen LogP contribution in [-0.2, 0) is 4.79 Å². The molecule has 1 heterocycles. The van der Waals surface area contributed by atoms with Crippen molar-refractivity contribution in [3.8, 4) is 0 Å². The number of hydrogen-bond acceptors (Lipinski definition) is 5. The molecule has 0 saturated carbocycles. The van der Waals surface area contributed by atoms with Gasteiger partial charge in [-0.05, 0) is 24.1 Å². The summed E-state index contributed by atoms with van der Waals surface area (Å²) >= 11 is 0. The van der Waals surface area contributed by atoms with Gasteiger partial charge in [-0.1, -0.05) is 32.9 Å². The summed E-state index contributed by atoms with van der Waals surface area (Å²) in [4.78, 5) is 23.8. The van der Waals surface area contributed by atoms with Crippen molar-refractivity contribution in [2.24, 2.45) is 5.41 Å². The van der Waals surface area contributed by atoms with Crippen LogP contribution in [0.2, 0.25) is 0 Å². The molecule has 5 N–H and O–H groups in total. The molecule has 7 heteroatoms. The van der Waals surface area contributed by atoms with E-state index in [4.69, 9.17) is 0 Å². The molecule has 1 aliphatic rings. The van der Waals surface area contributed by atoms with Gasteiger partial charge >= 0.3 is 0 Å². The molecule has 1 unspecified atom stereocenters. The average molecular weight is 333 g/mol. The Balaban J connectivity index is 1.70. The normalized spacial score (nSPS) is 17.5. The largest absolute Gasteiger partial charge is 0.356 e. The molecule has 0 spiro atoms. The lowest BCUT2D eigenvalue weighted by Crippen LogP contribution is -2.36. The second-order valence-electron chi connectivity index (χ2n) is 6.94. The van der Waals surface area contributed by atoms with Crippen molar-refractivity contribution in [3.63, 3.8) is 0 Å². The zero-order chi connectivity index (χ0) is 17.6. The van der Waals surface area contributed by atoms with Gasteiger partial charge in [-0.15, -0.1) is 0 Å². The molecule has 1 fully saturated rings. The van der Waals surface area contributed by atoms with Gasteiger partial charge in [0.25, 0.3) is 5.91 Å². The van der Waals surface area contributed by atoms with E-state index < -0.39 is 0 Å². The molecule has 1 aromatic carbocycles. The molecule has 2 amide bonds. The second-order valence-corrected chi connectivity index (χ2v) is 6.94. The number of hydrazine groups is 2. The Bertz CT molecular complexity index is 559. The first kappa shape index (κ1) is 18.4. The van der Waals surface area contributed by atoms with Crippen molar-refractivity contribution >= 4 is 11.8 Å². The van der Waals surface area contributed by atoms with E-state index in [2.05, 4.69) is 27.0 Å². The molecule has 0 radical (unpaired) electrons. The highest BCUT2D eigenvalue weighted by atomic mass is 16.2. The highest BCUT2D eigenvalue weighted by Crippen LogP contribution is 2.14. The monoisotopic (exact) mass is 333 g/mol. The third-order valence-corrected chi connectivity index (χ3v) is 3.82. The highest BCUT2D eigenvalue weighted by molar-refractivity contribution is 5.94. The molecule has 1 aromatic rings. The Kier molecular flexibility index (Phi) is 6.30. The fourth-order valence-corrected chi connectivity index (χ4v) is 2.27. The van der Waals surface area contributed by atoms with E-state index in [1.54, 1.807) is 0 Å². The van der Waals surface area contributed by atoms with Crippen LogP contribution in [0.1, 0.15) is 49.2 Å². The van der Waals surface area contributed by atoms with Gasteiger partial charge in [0.05, 0.1) is 6.04 Å². The van der Waals surface area contributed by atoms with Crippen LogP contribution in [0.3, 0.4) is 0 Å². The SMILES string of the molecule is CC(C)(C)C(=O)NCCCNC(=O)c1ccc(C2CNNN2)cc1. The zero-order valence-electron chi connectivity index (χ0n) is 14.5. The van der Waals surface area contributed by atoms with Crippen molar-refractivity contribution in [1.82, 2.24) is 27.0 Å². The number of nitrogens with one attached hydrogen (secondary N) is 5. The third kappa shape index (κ3) is 5.30. The molecule has 24 heavy (non-hydrogen) atoms. The minimum atomic E-state index is -0.385. The topological polar surface area (TPSA) is 94.3 Å². The van der Waals surface area contributed by atoms with E-state index in [9.17, 15) is 9.59 Å². The Labute approximate surface area is 142 Å². The van der Waals surface area contributed by atoms with E-state index in [0.717, 1.165) is 12.1 Å². The number of carbonyl (C=O) groups is 2. The number of carbonyl (C=O) groups excluding carboxylic acids is 2. The first-order valence-corrected chi connectivity index (χ1v) is 8.28. The first-order chi connectivity index (χ1) is 11.4. The summed E-state index contributed by atoms with van der Waals surface area (Å²) in [5.74, 6) is -0.0757. The molecule has 2 rings (SSSR count). The summed E-state index contributed by atoms with van der Waals surface area (Å²) in [5.41, 5.74) is 10.3. The summed E-state index contributed by atoms with van der Waals surface area (Å²) in [6.07, 6.45) is 0.703. The fourth-order valence-electron chi connectivity index (χ4n) is 2.27. The summed E-state index contributed by atoms with van der Waals surface area (Å²) in [7, 11) is 0. The van der Waals surface area contributed by atoms with Crippen LogP contribution >= 0.6 is 0 Å². The van der Waals surface area contributed by atoms with Crippen molar-refractivity contribution in [3.05, 3.63) is 35.4 Å². The maximum atomic E-state index is 12.1. The minimum Gasteiger partial charge on any atom is -0.356 e. The first-order valence-electron chi connectivity index (χ1n) is 8.28. The van der Waals surface area contributed by atoms with Gasteiger partial charge in [0, 0.05) is 30.6 Å². The maximum absolute atomic E-state index is 12.1. The molecule has 7 nitrogen and oxygen atoms in total. The fraction of sp³-hybridized carbons (Fsp3) is 0.529. The van der Waals surface area contributed by atoms with Crippen molar-refractivity contribution in [2.75, 3.05) is 19.6 Å². The number of amides is 2. The van der Waals surface area contributed by atoms with E-state index >= 15 is 0 Å². The van der Waals surface area contributed by atoms with Gasteiger partial charge in [0.2, 0.25) is 5.91 Å². The molecule has 1 saturated heterocycles. The molecule has 0 aromatic heterocycles. The van der Waals surface area contributed by atoms with Crippen molar-refractivity contribution < 1.29 is 9.59 Å². The molecule has 1 aliphatic heterocycles. The van der Waals surface area contributed by atoms with Crippen LogP contribution < -0.4 is 27.0 Å². The van der Waals surface area contributed by atoms with Gasteiger partial charge in [-0.2, -0.15) is 5.53 Å². The predicted molar refractivity (Wildman–Crippen MR) is 92.9 cm³/mol. The van der Waals surface area contributed by atoms with Crippen LogP contribution in [0.25, 0.3) is 0 Å². The van der Waals surface area contributed by atoms with Gasteiger partial charge < -0.3 is 10.6 Å². The number of benzene rings is 1. The van der Waals surface area contributed by atoms with Crippen molar-refractivity contribution in [1.29, 1.82) is 0 Å². The number of rotatable bonds is 6. The lowest BCUT2D eigenvalue weighted by Gasteiger charge is -2.17. The molecule has 132 valence electrons. The number of hydrogen-bond donors (Lipinski definition) is 5. The van der Waals surface area contributed by atoms with E-state index in [1.165, 1.54) is 0 Å². The summed E-state index contributed by atoms with van der Waals surface area (Å²) in [6, 6.07) is 7.75. The molecule has 1 atom stereocenters. The zero-order valence-corrected chi connectivity index (χ0v) is 14.5. The van der Waals surface area contributed by atoms with Crippen molar-refractivity contribution in [2.45, 2.75) is 33.2 Å². The second kappa shape index (κ2) is 8.23. The van der Waals surface area contributed by atoms with E-state index in [-0.39, 0.29) is 23.3 Å². The predicted octanol–water partition coefficient (Wildman–Crippen LogP) is 0.622. The highest BCUT2D eigenvalue weighted by Gasteiger charge is 2.20. The van der Waals surface area contributed by atoms with Gasteiger partial charge in [-0.25, -0.2) is 10.9 Å². The standard InChI is InChI=1S/C17H27N5O2/c1-17(2,3)16(24)19-10-4-9-18-15(23)13-7-5-12(6-8-13)14-11-20-22-21-14/h5-8,14,20-22H,4,9-11H2,1-3H3,(H,18,23)(H,19,24). The Morgan fingerprint density at radius 2 is 1.79 bits per heavy atom. The average Bonchev–Trinajstić information content (AvgIpc) is 3.08. The Morgan fingerprint density at radius 3 is 2.38 bits per heavy atom. The van der Waals surface area contributed by atoms with Crippen LogP contribution in [0.5, 0.6) is 0 Å². The quantitative estimate of drug-likeness (QED) is 0.492. The van der Waals surface area contributed by atoms with Gasteiger partial charge in [0.15, 0.2) is 0 Å². The summed E-state index contributed by atoms with van der Waals surface area (Å²) < 4.78 is 0.